The Labute approximate surface area is 279 Å². The third-order valence-corrected chi connectivity index (χ3v) is 8.34. The molecule has 1 aliphatic carbocycles. The van der Waals surface area contributed by atoms with E-state index >= 15 is 4.39 Å². The first kappa shape index (κ1) is 36.6. The van der Waals surface area contributed by atoms with E-state index in [4.69, 9.17) is 11.6 Å². The van der Waals surface area contributed by atoms with Crippen molar-refractivity contribution in [2.24, 2.45) is 5.92 Å². The van der Waals surface area contributed by atoms with E-state index in [0.717, 1.165) is 12.1 Å². The van der Waals surface area contributed by atoms with E-state index in [1.165, 1.54) is 25.3 Å². The zero-order valence-electron chi connectivity index (χ0n) is 26.1. The third-order valence-electron chi connectivity index (χ3n) is 8.11. The molecule has 0 unspecified atom stereocenters. The Morgan fingerprint density at radius 3 is 2.35 bits per heavy atom. The van der Waals surface area contributed by atoms with Crippen LogP contribution in [0.5, 0.6) is 5.75 Å². The minimum atomic E-state index is -4.92. The first-order valence-electron chi connectivity index (χ1n) is 15.5. The van der Waals surface area contributed by atoms with Crippen molar-refractivity contribution in [3.8, 4) is 5.75 Å². The number of nitrogens with one attached hydrogen (secondary N) is 3. The molecule has 8 nitrogen and oxygen atoms in total. The number of amides is 3. The second-order valence-corrected chi connectivity index (χ2v) is 12.2. The summed E-state index contributed by atoms with van der Waals surface area (Å²) in [5.74, 6) is -2.29. The van der Waals surface area contributed by atoms with E-state index in [2.05, 4.69) is 25.7 Å². The van der Waals surface area contributed by atoms with Gasteiger partial charge in [0.25, 0.3) is 0 Å². The van der Waals surface area contributed by atoms with Crippen molar-refractivity contribution < 1.29 is 41.1 Å². The zero-order chi connectivity index (χ0) is 34.9. The average molecular weight is 695 g/mol. The van der Waals surface area contributed by atoms with E-state index in [1.54, 1.807) is 30.3 Å². The van der Waals surface area contributed by atoms with Crippen LogP contribution in [0.4, 0.5) is 26.7 Å². The molecular weight excluding hydrogens is 659 g/mol. The fourth-order valence-corrected chi connectivity index (χ4v) is 5.84. The van der Waals surface area contributed by atoms with Gasteiger partial charge >= 0.3 is 18.6 Å². The predicted octanol–water partition coefficient (Wildman–Crippen LogP) is 6.94. The van der Waals surface area contributed by atoms with E-state index in [0.29, 0.717) is 56.7 Å². The number of pyridine rings is 1. The molecule has 48 heavy (non-hydrogen) atoms. The summed E-state index contributed by atoms with van der Waals surface area (Å²) in [6, 6.07) is 13.1. The summed E-state index contributed by atoms with van der Waals surface area (Å²) in [7, 11) is 0. The summed E-state index contributed by atoms with van der Waals surface area (Å²) in [6.07, 6.45) is -4.98. The van der Waals surface area contributed by atoms with E-state index in [9.17, 15) is 31.9 Å². The maximum absolute atomic E-state index is 15.1. The molecule has 1 fully saturated rings. The van der Waals surface area contributed by atoms with Crippen LogP contribution < -0.4 is 20.7 Å². The Kier molecular flexibility index (Phi) is 12.4. The maximum atomic E-state index is 15.1. The molecule has 0 bridgehead atoms. The number of halogens is 6. The fourth-order valence-electron chi connectivity index (χ4n) is 5.73. The summed E-state index contributed by atoms with van der Waals surface area (Å²) in [4.78, 5) is 41.9. The molecule has 3 amide bonds. The van der Waals surface area contributed by atoms with Crippen LogP contribution in [0.25, 0.3) is 0 Å². The van der Waals surface area contributed by atoms with Crippen LogP contribution in [-0.4, -0.2) is 47.8 Å². The molecule has 258 valence electrons. The number of alkyl halides is 4. The molecular formula is C34H36ClF5N4O4. The number of Topliss-reactive ketones (excluding diaryl/α,β-unsaturated/α-hetero) is 1. The number of carbonyl (C=O) groups is 3. The van der Waals surface area contributed by atoms with Gasteiger partial charge in [-0.15, -0.1) is 0 Å². The third kappa shape index (κ3) is 9.88. The SMILES string of the molecule is CC(=O)CCCNC(=O)[C@H]1CC[C@@H](NC(=O)N[C@@](Cc2ccccc2)(c2cc(F)cc(OC(F)(F)C(F)F)c2)c2ccc(Cl)cn2)CC1. The zero-order valence-corrected chi connectivity index (χ0v) is 26.8. The molecule has 1 aromatic heterocycles. The molecule has 3 N–H and O–H groups in total. The van der Waals surface area contributed by atoms with Gasteiger partial charge in [-0.2, -0.15) is 17.6 Å². The van der Waals surface area contributed by atoms with Crippen LogP contribution in [0.2, 0.25) is 5.02 Å². The minimum absolute atomic E-state index is 0.0493. The molecule has 0 saturated heterocycles. The van der Waals surface area contributed by atoms with Crippen molar-refractivity contribution in [1.82, 2.24) is 20.9 Å². The molecule has 3 aromatic rings. The highest BCUT2D eigenvalue weighted by molar-refractivity contribution is 6.30. The molecule has 0 radical (unpaired) electrons. The Morgan fingerprint density at radius 2 is 1.73 bits per heavy atom. The largest absolute Gasteiger partial charge is 0.461 e. The van der Waals surface area contributed by atoms with Crippen molar-refractivity contribution in [2.75, 3.05) is 6.54 Å². The fraction of sp³-hybridized carbons (Fsp3) is 0.412. The van der Waals surface area contributed by atoms with Gasteiger partial charge in [-0.25, -0.2) is 9.18 Å². The second kappa shape index (κ2) is 16.2. The maximum Gasteiger partial charge on any atom is 0.461 e. The van der Waals surface area contributed by atoms with E-state index < -0.39 is 35.7 Å². The van der Waals surface area contributed by atoms with Crippen molar-refractivity contribution in [3.63, 3.8) is 0 Å². The van der Waals surface area contributed by atoms with Crippen LogP contribution >= 0.6 is 11.6 Å². The van der Waals surface area contributed by atoms with Crippen LogP contribution in [0.15, 0.2) is 66.9 Å². The van der Waals surface area contributed by atoms with Crippen LogP contribution in [-0.2, 0) is 21.5 Å². The number of ketones is 1. The van der Waals surface area contributed by atoms with Crippen LogP contribution in [0.1, 0.15) is 62.3 Å². The number of urea groups is 1. The highest BCUT2D eigenvalue weighted by atomic mass is 35.5. The van der Waals surface area contributed by atoms with Gasteiger partial charge in [-0.05, 0) is 74.4 Å². The first-order chi connectivity index (χ1) is 22.8. The van der Waals surface area contributed by atoms with Crippen molar-refractivity contribution in [2.45, 2.75) is 76.0 Å². The number of hydrogen-bond donors (Lipinski definition) is 3. The summed E-state index contributed by atoms with van der Waals surface area (Å²) >= 11 is 6.10. The minimum Gasteiger partial charge on any atom is -0.428 e. The molecule has 4 rings (SSSR count). The first-order valence-corrected chi connectivity index (χ1v) is 15.8. The number of rotatable bonds is 14. The molecule has 1 aliphatic rings. The Bertz CT molecular complexity index is 1560. The predicted molar refractivity (Wildman–Crippen MR) is 168 cm³/mol. The number of aromatic nitrogens is 1. The second-order valence-electron chi connectivity index (χ2n) is 11.8. The van der Waals surface area contributed by atoms with E-state index in [1.807, 2.05) is 0 Å². The van der Waals surface area contributed by atoms with E-state index in [-0.39, 0.29) is 46.4 Å². The highest BCUT2D eigenvalue weighted by Gasteiger charge is 2.45. The average Bonchev–Trinajstić information content (AvgIpc) is 3.03. The van der Waals surface area contributed by atoms with Crippen molar-refractivity contribution in [3.05, 3.63) is 94.5 Å². The lowest BCUT2D eigenvalue weighted by Gasteiger charge is -2.37. The molecule has 1 heterocycles. The van der Waals surface area contributed by atoms with Crippen molar-refractivity contribution in [1.29, 1.82) is 0 Å². The van der Waals surface area contributed by atoms with Crippen LogP contribution in [0.3, 0.4) is 0 Å². The lowest BCUT2D eigenvalue weighted by atomic mass is 9.80. The van der Waals surface area contributed by atoms with Crippen molar-refractivity contribution >= 4 is 29.3 Å². The molecule has 0 aliphatic heterocycles. The smallest absolute Gasteiger partial charge is 0.428 e. The van der Waals surface area contributed by atoms with Gasteiger partial charge in [0.05, 0.1) is 10.7 Å². The molecule has 14 heteroatoms. The molecule has 0 spiro atoms. The summed E-state index contributed by atoms with van der Waals surface area (Å²) < 4.78 is 73.1. The van der Waals surface area contributed by atoms with Gasteiger partial charge in [0.2, 0.25) is 5.91 Å². The highest BCUT2D eigenvalue weighted by Crippen LogP contribution is 2.37. The Hall–Kier alpha value is -4.26. The normalized spacial score (nSPS) is 17.7. The number of hydrogen-bond acceptors (Lipinski definition) is 5. The lowest BCUT2D eigenvalue weighted by molar-refractivity contribution is -0.253. The lowest BCUT2D eigenvalue weighted by Crippen LogP contribution is -2.55. The number of benzene rings is 2. The van der Waals surface area contributed by atoms with Crippen LogP contribution in [0, 0.1) is 11.7 Å². The number of nitrogens with zero attached hydrogens (tertiary/aromatic N) is 1. The standard InChI is InChI=1S/C34H36ClF5N4O4/c1-21(45)6-5-15-41-30(46)23-9-12-27(13-10-23)43-32(47)44-33(19-22-7-3-2-4-8-22,29-14-11-25(35)20-42-29)24-16-26(36)18-28(17-24)48-34(39,40)31(37)38/h2-4,7-8,11,14,16-18,20,23,27,31H,5-6,9-10,12-13,15,19H2,1H3,(H,41,46)(H2,43,44,47)/t23-,27+,33-/m0/s1. The van der Waals surface area contributed by atoms with Gasteiger partial charge in [0, 0.05) is 43.6 Å². The topological polar surface area (TPSA) is 109 Å². The molecule has 1 saturated carbocycles. The molecule has 2 aromatic carbocycles. The summed E-state index contributed by atoms with van der Waals surface area (Å²) in [6.45, 7) is 1.89. The summed E-state index contributed by atoms with van der Waals surface area (Å²) in [5.41, 5.74) is -1.07. The quantitative estimate of drug-likeness (QED) is 0.125. The van der Waals surface area contributed by atoms with Gasteiger partial charge < -0.3 is 25.5 Å². The Balaban J connectivity index is 1.62. The number of carbonyl (C=O) groups excluding carboxylic acids is 3. The van der Waals surface area contributed by atoms with Gasteiger partial charge in [-0.3, -0.25) is 9.78 Å². The van der Waals surface area contributed by atoms with Gasteiger partial charge in [-0.1, -0.05) is 41.9 Å². The monoisotopic (exact) mass is 694 g/mol. The van der Waals surface area contributed by atoms with Gasteiger partial charge in [0.15, 0.2) is 0 Å². The Morgan fingerprint density at radius 1 is 1.02 bits per heavy atom. The van der Waals surface area contributed by atoms with Gasteiger partial charge in [0.1, 0.15) is 22.9 Å². The number of ether oxygens (including phenoxy) is 1. The molecule has 1 atom stereocenters. The summed E-state index contributed by atoms with van der Waals surface area (Å²) in [5, 5.41) is 8.87.